The van der Waals surface area contributed by atoms with E-state index in [1.54, 1.807) is 7.11 Å². The van der Waals surface area contributed by atoms with Gasteiger partial charge in [-0.3, -0.25) is 0 Å². The zero-order valence-corrected chi connectivity index (χ0v) is 9.49. The Labute approximate surface area is 75.9 Å². The van der Waals surface area contributed by atoms with Crippen molar-refractivity contribution in [2.75, 3.05) is 19.5 Å². The number of rotatable bonds is 6. The summed E-state index contributed by atoms with van der Waals surface area (Å²) in [5.74, 6) is 0.916. The molecule has 0 N–H and O–H groups in total. The molecule has 68 valence electrons. The van der Waals surface area contributed by atoms with Crippen LogP contribution in [0.15, 0.2) is 0 Å². The predicted octanol–water partition coefficient (Wildman–Crippen LogP) is 2.06. The minimum absolute atomic E-state index is 0.753. The normalized spacial score (nSPS) is 16.4. The van der Waals surface area contributed by atoms with Crippen molar-refractivity contribution in [2.45, 2.75) is 25.9 Å². The van der Waals surface area contributed by atoms with Gasteiger partial charge < -0.3 is 8.85 Å². The minimum atomic E-state index is -1.79. The first-order valence-electron chi connectivity index (χ1n) is 3.98. The zero-order valence-electron chi connectivity index (χ0n) is 7.59. The Bertz CT molecular complexity index is 102. The molecule has 0 spiro atoms. The van der Waals surface area contributed by atoms with Crippen molar-refractivity contribution < 1.29 is 8.85 Å². The standard InChI is InChI=1S/C7H18O2SSi/c1-4-9-11(3,8-2)7-5-6-10/h10H,4-7H2,1-3H3. The van der Waals surface area contributed by atoms with Gasteiger partial charge in [-0.25, -0.2) is 0 Å². The van der Waals surface area contributed by atoms with Gasteiger partial charge >= 0.3 is 8.56 Å². The number of hydrogen-bond acceptors (Lipinski definition) is 3. The van der Waals surface area contributed by atoms with Crippen LogP contribution in [0, 0.1) is 0 Å². The Morgan fingerprint density at radius 2 is 2.09 bits per heavy atom. The average molecular weight is 194 g/mol. The van der Waals surface area contributed by atoms with Crippen LogP contribution >= 0.6 is 12.6 Å². The smallest absolute Gasteiger partial charge is 0.334 e. The highest BCUT2D eigenvalue weighted by molar-refractivity contribution is 7.80. The van der Waals surface area contributed by atoms with Gasteiger partial charge in [0.2, 0.25) is 0 Å². The molecule has 2 nitrogen and oxygen atoms in total. The molecule has 0 aromatic rings. The molecule has 0 amide bonds. The van der Waals surface area contributed by atoms with Gasteiger partial charge in [0.15, 0.2) is 0 Å². The van der Waals surface area contributed by atoms with E-state index in [0.717, 1.165) is 24.8 Å². The Morgan fingerprint density at radius 1 is 1.45 bits per heavy atom. The van der Waals surface area contributed by atoms with E-state index < -0.39 is 8.56 Å². The van der Waals surface area contributed by atoms with Gasteiger partial charge in [-0.2, -0.15) is 12.6 Å². The first-order chi connectivity index (χ1) is 5.18. The monoisotopic (exact) mass is 194 g/mol. The fraction of sp³-hybridized carbons (Fsp3) is 1.00. The molecule has 1 unspecified atom stereocenters. The highest BCUT2D eigenvalue weighted by atomic mass is 32.1. The second-order valence-corrected chi connectivity index (χ2v) is 6.51. The number of hydrogen-bond donors (Lipinski definition) is 1. The van der Waals surface area contributed by atoms with Gasteiger partial charge in [-0.05, 0) is 31.7 Å². The summed E-state index contributed by atoms with van der Waals surface area (Å²) in [5, 5.41) is 0. The Balaban J connectivity index is 3.68. The van der Waals surface area contributed by atoms with Crippen LogP contribution in [-0.2, 0) is 8.85 Å². The van der Waals surface area contributed by atoms with Crippen molar-refractivity contribution >= 4 is 21.2 Å². The lowest BCUT2D eigenvalue weighted by molar-refractivity contribution is 0.215. The molecule has 0 heterocycles. The van der Waals surface area contributed by atoms with Crippen molar-refractivity contribution in [3.8, 4) is 0 Å². The molecule has 4 heteroatoms. The van der Waals surface area contributed by atoms with Crippen molar-refractivity contribution in [2.24, 2.45) is 0 Å². The van der Waals surface area contributed by atoms with Crippen molar-refractivity contribution in [3.05, 3.63) is 0 Å². The van der Waals surface area contributed by atoms with Crippen LogP contribution in [0.25, 0.3) is 0 Å². The molecule has 0 aliphatic heterocycles. The molecule has 1 atom stereocenters. The summed E-state index contributed by atoms with van der Waals surface area (Å²) in [4.78, 5) is 0. The Kier molecular flexibility index (Phi) is 6.32. The van der Waals surface area contributed by atoms with E-state index >= 15 is 0 Å². The molecule has 0 aliphatic carbocycles. The molecular formula is C7H18O2SSi. The second-order valence-electron chi connectivity index (χ2n) is 2.60. The zero-order chi connectivity index (χ0) is 8.74. The first kappa shape index (κ1) is 11.5. The van der Waals surface area contributed by atoms with Crippen LogP contribution in [0.3, 0.4) is 0 Å². The van der Waals surface area contributed by atoms with E-state index in [1.165, 1.54) is 0 Å². The molecule has 0 saturated carbocycles. The highest BCUT2D eigenvalue weighted by Crippen LogP contribution is 2.14. The van der Waals surface area contributed by atoms with E-state index in [0.29, 0.717) is 0 Å². The lowest BCUT2D eigenvalue weighted by atomic mass is 10.6. The van der Waals surface area contributed by atoms with Gasteiger partial charge in [0, 0.05) is 13.7 Å². The molecule has 0 bridgehead atoms. The quantitative estimate of drug-likeness (QED) is 0.515. The summed E-state index contributed by atoms with van der Waals surface area (Å²) >= 11 is 4.15. The van der Waals surface area contributed by atoms with Crippen LogP contribution in [-0.4, -0.2) is 28.0 Å². The Hall–Kier alpha value is 0.487. The molecule has 0 radical (unpaired) electrons. The molecular weight excluding hydrogens is 176 g/mol. The van der Waals surface area contributed by atoms with Gasteiger partial charge in [0.25, 0.3) is 0 Å². The molecule has 0 saturated heterocycles. The van der Waals surface area contributed by atoms with Crippen molar-refractivity contribution in [1.29, 1.82) is 0 Å². The van der Waals surface area contributed by atoms with Gasteiger partial charge in [-0.1, -0.05) is 0 Å². The summed E-state index contributed by atoms with van der Waals surface area (Å²) in [6.07, 6.45) is 1.08. The van der Waals surface area contributed by atoms with Crippen molar-refractivity contribution in [1.82, 2.24) is 0 Å². The topological polar surface area (TPSA) is 18.5 Å². The highest BCUT2D eigenvalue weighted by Gasteiger charge is 2.28. The average Bonchev–Trinajstić information content (AvgIpc) is 2.02. The van der Waals surface area contributed by atoms with Crippen LogP contribution < -0.4 is 0 Å². The van der Waals surface area contributed by atoms with E-state index in [9.17, 15) is 0 Å². The van der Waals surface area contributed by atoms with Crippen LogP contribution in [0.1, 0.15) is 13.3 Å². The van der Waals surface area contributed by atoms with E-state index in [2.05, 4.69) is 19.2 Å². The number of thiol groups is 1. The third-order valence-electron chi connectivity index (χ3n) is 1.67. The van der Waals surface area contributed by atoms with Crippen LogP contribution in [0.5, 0.6) is 0 Å². The predicted molar refractivity (Wildman–Crippen MR) is 53.5 cm³/mol. The fourth-order valence-electron chi connectivity index (χ4n) is 0.939. The van der Waals surface area contributed by atoms with Gasteiger partial charge in [-0.15, -0.1) is 0 Å². The molecule has 0 aromatic carbocycles. The van der Waals surface area contributed by atoms with E-state index in [4.69, 9.17) is 8.85 Å². The molecule has 0 rings (SSSR count). The largest absolute Gasteiger partial charge is 0.398 e. The van der Waals surface area contributed by atoms with E-state index in [-0.39, 0.29) is 0 Å². The molecule has 11 heavy (non-hydrogen) atoms. The fourth-order valence-corrected chi connectivity index (χ4v) is 3.29. The maximum atomic E-state index is 5.56. The van der Waals surface area contributed by atoms with Gasteiger partial charge in [0.1, 0.15) is 0 Å². The van der Waals surface area contributed by atoms with Crippen molar-refractivity contribution in [3.63, 3.8) is 0 Å². The summed E-state index contributed by atoms with van der Waals surface area (Å²) in [7, 11) is -0.0567. The van der Waals surface area contributed by atoms with E-state index in [1.807, 2.05) is 6.92 Å². The summed E-state index contributed by atoms with van der Waals surface area (Å²) in [5.41, 5.74) is 0. The van der Waals surface area contributed by atoms with Crippen LogP contribution in [0.2, 0.25) is 12.6 Å². The maximum Gasteiger partial charge on any atom is 0.334 e. The third-order valence-corrected chi connectivity index (χ3v) is 5.01. The van der Waals surface area contributed by atoms with Gasteiger partial charge in [0.05, 0.1) is 0 Å². The lowest BCUT2D eigenvalue weighted by Gasteiger charge is -2.23. The second kappa shape index (κ2) is 6.05. The minimum Gasteiger partial charge on any atom is -0.398 e. The molecule has 0 aromatic heterocycles. The molecule has 0 aliphatic rings. The SMILES string of the molecule is CCO[Si](C)(CCCS)OC. The third kappa shape index (κ3) is 4.84. The lowest BCUT2D eigenvalue weighted by Crippen LogP contribution is -2.37. The summed E-state index contributed by atoms with van der Waals surface area (Å²) in [6.45, 7) is 4.86. The molecule has 0 fully saturated rings. The maximum absolute atomic E-state index is 5.56. The summed E-state index contributed by atoms with van der Waals surface area (Å²) in [6, 6.07) is 1.04. The van der Waals surface area contributed by atoms with Crippen LogP contribution in [0.4, 0.5) is 0 Å². The first-order valence-corrected chi connectivity index (χ1v) is 7.14. The Morgan fingerprint density at radius 3 is 2.45 bits per heavy atom. The summed E-state index contributed by atoms with van der Waals surface area (Å²) < 4.78 is 10.9.